The summed E-state index contributed by atoms with van der Waals surface area (Å²) in [5, 5.41) is 11.2. The third-order valence-corrected chi connectivity index (χ3v) is 5.74. The topological polar surface area (TPSA) is 59.0 Å². The van der Waals surface area contributed by atoms with E-state index in [9.17, 15) is 4.79 Å². The van der Waals surface area contributed by atoms with Gasteiger partial charge in [0.05, 0.1) is 17.9 Å². The minimum atomic E-state index is -0.179. The summed E-state index contributed by atoms with van der Waals surface area (Å²) in [5.41, 5.74) is 5.01. The van der Waals surface area contributed by atoms with Crippen molar-refractivity contribution in [3.05, 3.63) is 52.8 Å². The van der Waals surface area contributed by atoms with E-state index < -0.39 is 0 Å². The number of nitrogens with zero attached hydrogens (tertiary/aromatic N) is 2. The highest BCUT2D eigenvalue weighted by Gasteiger charge is 2.29. The Hall–Kier alpha value is -1.85. The Morgan fingerprint density at radius 1 is 1.29 bits per heavy atom. The molecule has 28 heavy (non-hydrogen) atoms. The van der Waals surface area contributed by atoms with Crippen molar-refractivity contribution >= 4 is 18.3 Å². The van der Waals surface area contributed by atoms with Crippen molar-refractivity contribution in [2.24, 2.45) is 5.92 Å². The summed E-state index contributed by atoms with van der Waals surface area (Å²) in [6.07, 6.45) is 4.47. The summed E-state index contributed by atoms with van der Waals surface area (Å²) in [6, 6.07) is 10.8. The zero-order valence-corrected chi connectivity index (χ0v) is 17.6. The molecule has 5 nitrogen and oxygen atoms in total. The Bertz CT molecular complexity index is 781. The summed E-state index contributed by atoms with van der Waals surface area (Å²) in [7, 11) is 0. The lowest BCUT2D eigenvalue weighted by Crippen LogP contribution is -2.45. The summed E-state index contributed by atoms with van der Waals surface area (Å²) in [4.78, 5) is 12.5. The fraction of sp³-hybridized carbons (Fsp3) is 0.545. The van der Waals surface area contributed by atoms with Crippen LogP contribution in [0.1, 0.15) is 49.2 Å². The number of amides is 1. The Labute approximate surface area is 173 Å². The molecule has 1 amide bonds. The fourth-order valence-corrected chi connectivity index (χ4v) is 4.62. The Balaban J connectivity index is 0.00000225. The van der Waals surface area contributed by atoms with Crippen molar-refractivity contribution in [1.82, 2.24) is 20.4 Å². The molecule has 0 bridgehead atoms. The van der Waals surface area contributed by atoms with E-state index in [1.165, 1.54) is 16.8 Å². The second-order valence-electron chi connectivity index (χ2n) is 8.71. The van der Waals surface area contributed by atoms with Gasteiger partial charge in [-0.2, -0.15) is 5.10 Å². The first kappa shape index (κ1) is 20.9. The van der Waals surface area contributed by atoms with Gasteiger partial charge >= 0.3 is 0 Å². The summed E-state index contributed by atoms with van der Waals surface area (Å²) >= 11 is 0. The molecule has 152 valence electrons. The molecule has 0 unspecified atom stereocenters. The van der Waals surface area contributed by atoms with Crippen LogP contribution in [-0.2, 0) is 37.1 Å². The van der Waals surface area contributed by atoms with Crippen molar-refractivity contribution in [3.63, 3.8) is 0 Å². The van der Waals surface area contributed by atoms with Gasteiger partial charge in [0.15, 0.2) is 0 Å². The molecule has 1 aliphatic carbocycles. The number of carbonyl (C=O) groups is 1. The van der Waals surface area contributed by atoms with E-state index in [0.717, 1.165) is 44.6 Å². The molecule has 1 aromatic heterocycles. The van der Waals surface area contributed by atoms with E-state index in [1.54, 1.807) is 0 Å². The summed E-state index contributed by atoms with van der Waals surface area (Å²) < 4.78 is 2.06. The molecule has 4 rings (SSSR count). The molecular formula is C22H31ClN4O. The lowest BCUT2D eigenvalue weighted by atomic mass is 9.88. The first-order valence-corrected chi connectivity index (χ1v) is 10.1. The number of hydrogen-bond donors (Lipinski definition) is 2. The largest absolute Gasteiger partial charge is 0.351 e. The van der Waals surface area contributed by atoms with Gasteiger partial charge < -0.3 is 10.6 Å². The van der Waals surface area contributed by atoms with Crippen molar-refractivity contribution in [2.45, 2.75) is 64.6 Å². The molecule has 0 saturated heterocycles. The van der Waals surface area contributed by atoms with Crippen LogP contribution in [0.3, 0.4) is 0 Å². The third-order valence-electron chi connectivity index (χ3n) is 5.74. The van der Waals surface area contributed by atoms with Crippen molar-refractivity contribution in [3.8, 4) is 0 Å². The molecule has 2 N–H and O–H groups in total. The minimum absolute atomic E-state index is 0. The zero-order valence-electron chi connectivity index (χ0n) is 16.8. The fourth-order valence-electron chi connectivity index (χ4n) is 4.62. The van der Waals surface area contributed by atoms with Gasteiger partial charge in [0.1, 0.15) is 0 Å². The molecule has 6 heteroatoms. The van der Waals surface area contributed by atoms with Gasteiger partial charge in [-0.05, 0) is 56.2 Å². The average Bonchev–Trinajstić information content (AvgIpc) is 3.21. The maximum Gasteiger partial charge on any atom is 0.220 e. The van der Waals surface area contributed by atoms with Crippen LogP contribution in [0.5, 0.6) is 0 Å². The smallest absolute Gasteiger partial charge is 0.220 e. The highest BCUT2D eigenvalue weighted by Crippen LogP contribution is 2.31. The molecule has 2 aliphatic rings. The molecule has 1 aromatic carbocycles. The molecule has 2 aromatic rings. The number of halogens is 1. The number of aromatic nitrogens is 2. The van der Waals surface area contributed by atoms with E-state index in [4.69, 9.17) is 0 Å². The van der Waals surface area contributed by atoms with Crippen LogP contribution >= 0.6 is 12.4 Å². The Kier molecular flexibility index (Phi) is 6.46. The molecule has 2 heterocycles. The van der Waals surface area contributed by atoms with E-state index in [1.807, 2.05) is 0 Å². The van der Waals surface area contributed by atoms with E-state index in [2.05, 4.69) is 64.6 Å². The predicted molar refractivity (Wildman–Crippen MR) is 114 cm³/mol. The number of rotatable bonds is 6. The van der Waals surface area contributed by atoms with Crippen LogP contribution in [0, 0.1) is 5.92 Å². The normalized spacial score (nSPS) is 16.2. The van der Waals surface area contributed by atoms with Crippen LogP contribution < -0.4 is 10.6 Å². The van der Waals surface area contributed by atoms with Crippen LogP contribution in [0.15, 0.2) is 30.3 Å². The van der Waals surface area contributed by atoms with Gasteiger partial charge in [-0.25, -0.2) is 0 Å². The minimum Gasteiger partial charge on any atom is -0.351 e. The maximum atomic E-state index is 12.5. The average molecular weight is 403 g/mol. The van der Waals surface area contributed by atoms with Gasteiger partial charge in [-0.15, -0.1) is 12.4 Å². The van der Waals surface area contributed by atoms with Gasteiger partial charge in [-0.1, -0.05) is 24.3 Å². The lowest BCUT2D eigenvalue weighted by molar-refractivity contribution is -0.122. The Morgan fingerprint density at radius 3 is 2.68 bits per heavy atom. The highest BCUT2D eigenvalue weighted by atomic mass is 35.5. The summed E-state index contributed by atoms with van der Waals surface area (Å²) in [5.74, 6) is 0.740. The summed E-state index contributed by atoms with van der Waals surface area (Å²) in [6.45, 7) is 7.05. The second-order valence-corrected chi connectivity index (χ2v) is 8.71. The molecule has 0 fully saturated rings. The first-order valence-electron chi connectivity index (χ1n) is 10.1. The molecular weight excluding hydrogens is 372 g/mol. The highest BCUT2D eigenvalue weighted by molar-refractivity contribution is 5.85. The van der Waals surface area contributed by atoms with Gasteiger partial charge in [0.2, 0.25) is 5.91 Å². The van der Waals surface area contributed by atoms with E-state index in [0.29, 0.717) is 18.8 Å². The van der Waals surface area contributed by atoms with Crippen molar-refractivity contribution in [2.75, 3.05) is 6.54 Å². The standard InChI is InChI=1S/C22H30N4O.ClH/c1-22(2,14-16-11-17-5-3-4-6-18(17)12-16)24-21(27)8-7-19-13-20-15-23-9-10-26(20)25-19;/h3-6,13,16,23H,7-12,14-15H2,1-2H3,(H,24,27);1H. The van der Waals surface area contributed by atoms with Crippen LogP contribution in [-0.4, -0.2) is 27.8 Å². The number of carbonyl (C=O) groups excluding carboxylic acids is 1. The third kappa shape index (κ3) is 4.95. The van der Waals surface area contributed by atoms with Crippen LogP contribution in [0.2, 0.25) is 0 Å². The van der Waals surface area contributed by atoms with Gasteiger partial charge in [0, 0.05) is 31.5 Å². The molecule has 0 radical (unpaired) electrons. The Morgan fingerprint density at radius 2 is 2.00 bits per heavy atom. The van der Waals surface area contributed by atoms with Crippen molar-refractivity contribution in [1.29, 1.82) is 0 Å². The predicted octanol–water partition coefficient (Wildman–Crippen LogP) is 3.04. The number of hydrogen-bond acceptors (Lipinski definition) is 3. The van der Waals surface area contributed by atoms with Crippen LogP contribution in [0.4, 0.5) is 0 Å². The quantitative estimate of drug-likeness (QED) is 0.780. The monoisotopic (exact) mass is 402 g/mol. The lowest BCUT2D eigenvalue weighted by Gasteiger charge is -2.29. The SMILES string of the molecule is CC(C)(CC1Cc2ccccc2C1)NC(=O)CCc1cc2n(n1)CCNC2.Cl. The van der Waals surface area contributed by atoms with E-state index in [-0.39, 0.29) is 23.9 Å². The van der Waals surface area contributed by atoms with Gasteiger partial charge in [-0.3, -0.25) is 9.48 Å². The zero-order chi connectivity index (χ0) is 18.9. The molecule has 1 aliphatic heterocycles. The maximum absolute atomic E-state index is 12.5. The number of benzene rings is 1. The van der Waals surface area contributed by atoms with Gasteiger partial charge in [0.25, 0.3) is 0 Å². The number of nitrogens with one attached hydrogen (secondary N) is 2. The second kappa shape index (κ2) is 8.66. The number of fused-ring (bicyclic) bond motifs is 2. The molecule has 0 saturated carbocycles. The van der Waals surface area contributed by atoms with Crippen LogP contribution in [0.25, 0.3) is 0 Å². The van der Waals surface area contributed by atoms with E-state index >= 15 is 0 Å². The molecule has 0 atom stereocenters. The van der Waals surface area contributed by atoms with Crippen molar-refractivity contribution < 1.29 is 4.79 Å². The number of aryl methyl sites for hydroxylation is 1. The molecule has 0 spiro atoms. The first-order chi connectivity index (χ1) is 13.0.